The van der Waals surface area contributed by atoms with Crippen LogP contribution in [0.1, 0.15) is 39.0 Å². The number of ether oxygens (including phenoxy) is 2. The second-order valence-corrected chi connectivity index (χ2v) is 6.46. The lowest BCUT2D eigenvalue weighted by molar-refractivity contribution is 0.151. The summed E-state index contributed by atoms with van der Waals surface area (Å²) in [5, 5.41) is 3.14. The zero-order valence-electron chi connectivity index (χ0n) is 16.2. The number of nitrogens with two attached hydrogens (primary N) is 1. The molecule has 1 fully saturated rings. The van der Waals surface area contributed by atoms with Crippen LogP contribution in [0.3, 0.4) is 0 Å². The molecule has 1 unspecified atom stereocenters. The summed E-state index contributed by atoms with van der Waals surface area (Å²) in [6.45, 7) is 5.33. The molecule has 0 aliphatic carbocycles. The Balaban J connectivity index is 0.00000338. The number of guanidine groups is 1. The van der Waals surface area contributed by atoms with Crippen LogP contribution in [0.15, 0.2) is 23.2 Å². The van der Waals surface area contributed by atoms with E-state index in [4.69, 9.17) is 15.2 Å². The second kappa shape index (κ2) is 12.2. The van der Waals surface area contributed by atoms with E-state index in [-0.39, 0.29) is 24.0 Å². The summed E-state index contributed by atoms with van der Waals surface area (Å²) in [5.74, 6) is 1.80. The van der Waals surface area contributed by atoms with Crippen molar-refractivity contribution in [2.75, 3.05) is 39.2 Å². The third-order valence-corrected chi connectivity index (χ3v) is 4.68. The van der Waals surface area contributed by atoms with Crippen molar-refractivity contribution in [1.29, 1.82) is 0 Å². The van der Waals surface area contributed by atoms with Crippen molar-refractivity contribution in [3.63, 3.8) is 0 Å². The number of likely N-dealkylation sites (tertiary alicyclic amines) is 1. The van der Waals surface area contributed by atoms with Gasteiger partial charge in [0.25, 0.3) is 0 Å². The van der Waals surface area contributed by atoms with E-state index in [0.717, 1.165) is 12.2 Å². The highest BCUT2D eigenvalue weighted by Crippen LogP contribution is 2.29. The molecule has 0 bridgehead atoms. The number of nitrogens with zero attached hydrogens (tertiary/aromatic N) is 2. The Labute approximate surface area is 174 Å². The van der Waals surface area contributed by atoms with E-state index in [1.54, 1.807) is 14.2 Å². The first-order chi connectivity index (χ1) is 12.2. The van der Waals surface area contributed by atoms with E-state index in [9.17, 15) is 0 Å². The minimum atomic E-state index is 0. The molecule has 148 valence electrons. The minimum Gasteiger partial charge on any atom is -0.493 e. The smallest absolute Gasteiger partial charge is 0.193 e. The summed E-state index contributed by atoms with van der Waals surface area (Å²) >= 11 is 0. The Morgan fingerprint density at radius 1 is 1.27 bits per heavy atom. The van der Waals surface area contributed by atoms with Crippen molar-refractivity contribution >= 4 is 35.6 Å². The van der Waals surface area contributed by atoms with Crippen molar-refractivity contribution in [3.05, 3.63) is 18.2 Å². The first-order valence-corrected chi connectivity index (χ1v) is 9.21. The fraction of sp³-hybridized carbons (Fsp3) is 0.632. The fourth-order valence-electron chi connectivity index (χ4n) is 3.23. The maximum atomic E-state index is 6.08. The van der Waals surface area contributed by atoms with Gasteiger partial charge in [-0.25, -0.2) is 0 Å². The molecule has 1 aromatic rings. The van der Waals surface area contributed by atoms with Gasteiger partial charge in [0, 0.05) is 17.8 Å². The lowest BCUT2D eigenvalue weighted by Crippen LogP contribution is -2.42. The molecule has 1 saturated heterocycles. The van der Waals surface area contributed by atoms with E-state index in [1.807, 2.05) is 18.2 Å². The minimum absolute atomic E-state index is 0. The van der Waals surface area contributed by atoms with Gasteiger partial charge in [-0.05, 0) is 44.5 Å². The molecule has 7 heteroatoms. The zero-order valence-corrected chi connectivity index (χ0v) is 18.5. The van der Waals surface area contributed by atoms with Crippen molar-refractivity contribution in [3.8, 4) is 11.5 Å². The highest BCUT2D eigenvalue weighted by molar-refractivity contribution is 14.0. The zero-order chi connectivity index (χ0) is 18.1. The molecule has 6 nitrogen and oxygen atoms in total. The van der Waals surface area contributed by atoms with Crippen LogP contribution in [0.4, 0.5) is 5.69 Å². The topological polar surface area (TPSA) is 72.1 Å². The molecule has 1 heterocycles. The third-order valence-electron chi connectivity index (χ3n) is 4.68. The van der Waals surface area contributed by atoms with Gasteiger partial charge in [0.05, 0.1) is 20.8 Å². The number of nitrogens with one attached hydrogen (secondary N) is 1. The van der Waals surface area contributed by atoms with Gasteiger partial charge >= 0.3 is 0 Å². The molecule has 1 aliphatic rings. The largest absolute Gasteiger partial charge is 0.493 e. The lowest BCUT2D eigenvalue weighted by Gasteiger charge is -2.34. The molecule has 1 atom stereocenters. The predicted octanol–water partition coefficient (Wildman–Crippen LogP) is 3.70. The summed E-state index contributed by atoms with van der Waals surface area (Å²) in [6, 6.07) is 6.11. The molecule has 0 aromatic heterocycles. The van der Waals surface area contributed by atoms with E-state index >= 15 is 0 Å². The number of benzene rings is 1. The van der Waals surface area contributed by atoms with Crippen LogP contribution in [-0.2, 0) is 0 Å². The van der Waals surface area contributed by atoms with E-state index in [0.29, 0.717) is 23.5 Å². The number of methoxy groups -OCH3 is 2. The summed E-state index contributed by atoms with van der Waals surface area (Å²) in [6.07, 6.45) is 6.26. The van der Waals surface area contributed by atoms with Gasteiger partial charge < -0.3 is 20.5 Å². The maximum absolute atomic E-state index is 6.08. The average Bonchev–Trinajstić information content (AvgIpc) is 2.65. The number of halogens is 1. The van der Waals surface area contributed by atoms with Crippen molar-refractivity contribution in [2.45, 2.75) is 45.1 Å². The Morgan fingerprint density at radius 3 is 2.73 bits per heavy atom. The SMILES string of the molecule is CCCCN1CCCCC1CN=C(N)Nc1ccc(OC)c(OC)c1.I. The first kappa shape index (κ1) is 22.8. The fourth-order valence-corrected chi connectivity index (χ4v) is 3.23. The van der Waals surface area contributed by atoms with Crippen LogP contribution in [0, 0.1) is 0 Å². The Morgan fingerprint density at radius 2 is 2.04 bits per heavy atom. The molecular weight excluding hydrogens is 443 g/mol. The van der Waals surface area contributed by atoms with E-state index in [2.05, 4.69) is 22.1 Å². The van der Waals surface area contributed by atoms with Crippen molar-refractivity contribution < 1.29 is 9.47 Å². The molecule has 26 heavy (non-hydrogen) atoms. The molecule has 0 amide bonds. The summed E-state index contributed by atoms with van der Waals surface area (Å²) in [4.78, 5) is 7.14. The Hall–Kier alpha value is -1.22. The van der Waals surface area contributed by atoms with E-state index < -0.39 is 0 Å². The summed E-state index contributed by atoms with van der Waals surface area (Å²) in [7, 11) is 3.24. The Kier molecular flexibility index (Phi) is 10.7. The van der Waals surface area contributed by atoms with Gasteiger partial charge in [-0.1, -0.05) is 19.8 Å². The first-order valence-electron chi connectivity index (χ1n) is 9.21. The summed E-state index contributed by atoms with van der Waals surface area (Å²) in [5.41, 5.74) is 6.92. The van der Waals surface area contributed by atoms with Crippen LogP contribution in [0.2, 0.25) is 0 Å². The van der Waals surface area contributed by atoms with Crippen LogP contribution >= 0.6 is 24.0 Å². The molecule has 2 rings (SSSR count). The van der Waals surface area contributed by atoms with Gasteiger partial charge in [0.2, 0.25) is 0 Å². The molecule has 0 spiro atoms. The van der Waals surface area contributed by atoms with Crippen LogP contribution in [0.5, 0.6) is 11.5 Å². The van der Waals surface area contributed by atoms with Gasteiger partial charge in [-0.3, -0.25) is 9.89 Å². The quantitative estimate of drug-likeness (QED) is 0.340. The number of anilines is 1. The average molecular weight is 476 g/mol. The molecule has 1 aliphatic heterocycles. The van der Waals surface area contributed by atoms with Crippen LogP contribution in [0.25, 0.3) is 0 Å². The van der Waals surface area contributed by atoms with Crippen molar-refractivity contribution in [2.24, 2.45) is 10.7 Å². The molecule has 0 radical (unpaired) electrons. The summed E-state index contributed by atoms with van der Waals surface area (Å²) < 4.78 is 10.6. The number of aliphatic imine (C=N–C) groups is 1. The van der Waals surface area contributed by atoms with Gasteiger partial charge in [-0.15, -0.1) is 24.0 Å². The normalized spacial score (nSPS) is 18.1. The van der Waals surface area contributed by atoms with Crippen LogP contribution in [-0.4, -0.2) is 50.8 Å². The molecule has 3 N–H and O–H groups in total. The van der Waals surface area contributed by atoms with Gasteiger partial charge in [0.15, 0.2) is 17.5 Å². The lowest BCUT2D eigenvalue weighted by atomic mass is 10.0. The molecule has 0 saturated carbocycles. The highest BCUT2D eigenvalue weighted by atomic mass is 127. The Bertz CT molecular complexity index is 568. The standard InChI is InChI=1S/C19H32N4O2.HI/c1-4-5-11-23-12-7-6-8-16(23)14-21-19(20)22-15-9-10-17(24-2)18(13-15)25-3;/h9-10,13,16H,4-8,11-12,14H2,1-3H3,(H3,20,21,22);1H. The third kappa shape index (κ3) is 6.83. The van der Waals surface area contributed by atoms with Gasteiger partial charge in [-0.2, -0.15) is 0 Å². The van der Waals surface area contributed by atoms with Crippen molar-refractivity contribution in [1.82, 2.24) is 4.90 Å². The van der Waals surface area contributed by atoms with Crippen LogP contribution < -0.4 is 20.5 Å². The second-order valence-electron chi connectivity index (χ2n) is 6.46. The number of rotatable bonds is 8. The van der Waals surface area contributed by atoms with E-state index in [1.165, 1.54) is 45.2 Å². The monoisotopic (exact) mass is 476 g/mol. The molecular formula is C19H33IN4O2. The number of hydrogen-bond donors (Lipinski definition) is 2. The maximum Gasteiger partial charge on any atom is 0.193 e. The van der Waals surface area contributed by atoms with Gasteiger partial charge in [0.1, 0.15) is 0 Å². The molecule has 1 aromatic carbocycles. The number of hydrogen-bond acceptors (Lipinski definition) is 4. The number of unbranched alkanes of at least 4 members (excludes halogenated alkanes) is 1. The predicted molar refractivity (Wildman–Crippen MR) is 119 cm³/mol. The number of piperidine rings is 1. The highest BCUT2D eigenvalue weighted by Gasteiger charge is 2.21.